The number of carbonyl (C=O) groups is 17. The van der Waals surface area contributed by atoms with E-state index in [9.17, 15) is 102 Å². The molecule has 0 saturated heterocycles. The third-order valence-electron chi connectivity index (χ3n) is 18.5. The van der Waals surface area contributed by atoms with Crippen molar-refractivity contribution in [2.75, 3.05) is 19.6 Å². The van der Waals surface area contributed by atoms with Crippen molar-refractivity contribution < 1.29 is 102 Å². The highest BCUT2D eigenvalue weighted by atomic mass is 16.4. The van der Waals surface area contributed by atoms with Crippen molar-refractivity contribution in [2.24, 2.45) is 62.9 Å². The van der Waals surface area contributed by atoms with Crippen LogP contribution in [0.2, 0.25) is 0 Å². The maximum atomic E-state index is 14.7. The molecular weight excluding hydrogens is 1530 g/mol. The molecule has 30 N–H and O–H groups in total. The van der Waals surface area contributed by atoms with Gasteiger partial charge in [-0.2, -0.15) is 0 Å². The van der Waals surface area contributed by atoms with Crippen LogP contribution in [0.1, 0.15) is 175 Å². The molecule has 0 fully saturated rings. The molecule has 0 radical (unpaired) electrons. The van der Waals surface area contributed by atoms with Crippen LogP contribution in [0.25, 0.3) is 0 Å². The Morgan fingerprint density at radius 1 is 0.376 bits per heavy atom. The Kier molecular flexibility index (Phi) is 46.4. The zero-order chi connectivity index (χ0) is 88.2. The van der Waals surface area contributed by atoms with Gasteiger partial charge in [0.05, 0.1) is 12.5 Å². The summed E-state index contributed by atoms with van der Waals surface area (Å²) in [6.07, 6.45) is -4.01. The lowest BCUT2D eigenvalue weighted by molar-refractivity contribution is -0.142. The summed E-state index contributed by atoms with van der Waals surface area (Å²) in [5.41, 5.74) is 40.5. The van der Waals surface area contributed by atoms with E-state index in [-0.39, 0.29) is 114 Å². The maximum absolute atomic E-state index is 14.7. The van der Waals surface area contributed by atoms with Crippen LogP contribution in [-0.4, -0.2) is 225 Å². The zero-order valence-corrected chi connectivity index (χ0v) is 67.4. The molecular formula is C76H122N20O21. The first kappa shape index (κ1) is 101. The van der Waals surface area contributed by atoms with Crippen molar-refractivity contribution in [1.82, 2.24) is 63.8 Å². The highest BCUT2D eigenvalue weighted by molar-refractivity contribution is 6.01. The molecule has 14 atom stereocenters. The summed E-state index contributed by atoms with van der Waals surface area (Å²) in [4.78, 5) is 236. The first-order chi connectivity index (χ1) is 55.1. The molecule has 2 aromatic carbocycles. The number of carbonyl (C=O) groups excluding carboxylic acids is 14. The van der Waals surface area contributed by atoms with Gasteiger partial charge < -0.3 is 124 Å². The predicted octanol–water partition coefficient (Wildman–Crippen LogP) is -4.25. The van der Waals surface area contributed by atoms with Crippen molar-refractivity contribution in [3.63, 3.8) is 0 Å². The Bertz CT molecular complexity index is 3680. The summed E-state index contributed by atoms with van der Waals surface area (Å²) in [6.45, 7) is 11.6. The fraction of sp³-hybridized carbons (Fsp3) is 0.605. The molecule has 652 valence electrons. The summed E-state index contributed by atoms with van der Waals surface area (Å²) >= 11 is 0. The second-order valence-corrected chi connectivity index (χ2v) is 29.5. The molecule has 41 heteroatoms. The van der Waals surface area contributed by atoms with Gasteiger partial charge in [0.25, 0.3) is 0 Å². The first-order valence-electron chi connectivity index (χ1n) is 39.0. The maximum Gasteiger partial charge on any atom is 0.326 e. The lowest BCUT2D eigenvalue weighted by atomic mass is 9.98. The van der Waals surface area contributed by atoms with Gasteiger partial charge in [-0.25, -0.2) is 4.79 Å². The number of carboxylic acids is 3. The highest BCUT2D eigenvalue weighted by Crippen LogP contribution is 2.17. The summed E-state index contributed by atoms with van der Waals surface area (Å²) in [7, 11) is 0. The van der Waals surface area contributed by atoms with Crippen LogP contribution in [0.4, 0.5) is 0 Å². The summed E-state index contributed by atoms with van der Waals surface area (Å²) in [5, 5.41) is 69.7. The number of nitrogens with two attached hydrogens (primary N) is 7. The summed E-state index contributed by atoms with van der Waals surface area (Å²) in [5.74, 6) is -20.0. The molecule has 0 aliphatic heterocycles. The van der Waals surface area contributed by atoms with E-state index in [0.29, 0.717) is 30.4 Å². The Balaban J connectivity index is 2.54. The van der Waals surface area contributed by atoms with Crippen molar-refractivity contribution in [1.29, 1.82) is 0 Å². The van der Waals surface area contributed by atoms with Gasteiger partial charge in [0.2, 0.25) is 82.7 Å². The van der Waals surface area contributed by atoms with E-state index < -0.39 is 224 Å². The second-order valence-electron chi connectivity index (χ2n) is 29.5. The third-order valence-corrected chi connectivity index (χ3v) is 18.5. The van der Waals surface area contributed by atoms with Gasteiger partial charge in [0.1, 0.15) is 78.3 Å². The average molecular weight is 1650 g/mol. The van der Waals surface area contributed by atoms with Gasteiger partial charge in [-0.1, -0.05) is 90.4 Å². The third kappa shape index (κ3) is 40.5. The normalized spacial score (nSPS) is 14.7. The van der Waals surface area contributed by atoms with E-state index in [0.717, 1.165) is 0 Å². The number of aliphatic carboxylic acids is 3. The number of rotatable bonds is 58. The number of nitrogens with zero attached hydrogens (tertiary/aromatic N) is 1. The Morgan fingerprint density at radius 2 is 0.718 bits per heavy atom. The monoisotopic (exact) mass is 1650 g/mol. The minimum atomic E-state index is -1.82. The molecule has 41 nitrogen and oxygen atoms in total. The average Bonchev–Trinajstić information content (AvgIpc) is 0.851. The minimum Gasteiger partial charge on any atom is -0.508 e. The number of carboxylic acid groups (broad SMARTS) is 3. The molecule has 0 aromatic heterocycles. The molecule has 0 aliphatic carbocycles. The summed E-state index contributed by atoms with van der Waals surface area (Å²) in [6, 6.07) is -6.52. The quantitative estimate of drug-likeness (QED) is 0.0169. The SMILES string of the molecule is CC[C@H](C)[C@H](N)C(=O)N[C@@H](CCC(N)=O)C(=O)N[C@@H](CCC(=O)O)C(=O)N[C@@H](Cc1ccc(O)cc1)C(=O)N[C@@H](CC(C)C)C(=O)N[C@@H](CCC(=O)O)C(=O)N[C@@H](CCCCN)C(=O)N[C@@H](C)C(=O)N[C@@H](CC(C)C)C(=O)N[C@@H](CC(N)=O)C(=O)N[C@@H](CCCCN)C(=O)N[C@@H](CCCN=C(N)N)C(=O)N[C@@H](Cc1ccccc1)C(=O)O. The van der Waals surface area contributed by atoms with Crippen LogP contribution in [0.15, 0.2) is 59.6 Å². The fourth-order valence-corrected chi connectivity index (χ4v) is 11.8. The van der Waals surface area contributed by atoms with Crippen molar-refractivity contribution in [3.05, 3.63) is 65.7 Å². The van der Waals surface area contributed by atoms with Crippen LogP contribution < -0.4 is 104 Å². The van der Waals surface area contributed by atoms with Gasteiger partial charge in [0.15, 0.2) is 5.96 Å². The minimum absolute atomic E-state index is 0.00447. The Labute approximate surface area is 679 Å². The number of aliphatic imine (C=N–C) groups is 1. The van der Waals surface area contributed by atoms with Crippen LogP contribution in [0, 0.1) is 17.8 Å². The van der Waals surface area contributed by atoms with Gasteiger partial charge in [-0.05, 0) is 144 Å². The van der Waals surface area contributed by atoms with E-state index in [2.05, 4.69) is 68.8 Å². The molecule has 2 aromatic rings. The molecule has 0 bridgehead atoms. The van der Waals surface area contributed by atoms with Crippen LogP contribution in [-0.2, 0) is 94.3 Å². The number of benzene rings is 2. The van der Waals surface area contributed by atoms with Gasteiger partial charge in [0, 0.05) is 38.6 Å². The number of phenols is 1. The number of primary amides is 2. The Hall–Kier alpha value is -11.6. The lowest BCUT2D eigenvalue weighted by Crippen LogP contribution is -2.61. The smallest absolute Gasteiger partial charge is 0.326 e. The summed E-state index contributed by atoms with van der Waals surface area (Å²) < 4.78 is 0. The second kappa shape index (κ2) is 53.5. The van der Waals surface area contributed by atoms with Crippen LogP contribution >= 0.6 is 0 Å². The standard InChI is InChI=1S/C76H122N20O21/c1-8-42(6)62(81)74(115)91-50(26-29-58(79)98)67(108)89-52(28-31-61(102)103)69(110)94-55(37-45-22-24-46(97)25-23-45)72(113)93-54(36-41(4)5)70(111)90-51(27-30-60(100)101)68(109)86-47(19-12-14-32-77)64(105)85-43(7)63(104)92-53(35-40(2)3)71(112)95-56(39-59(80)99)73(114)88-48(20-13-15-33-78)65(106)87-49(21-16-34-84-76(82)83)66(107)96-57(75(116)117)38-44-17-10-9-11-18-44/h9-11,17-18,22-25,40-43,47-57,62,97H,8,12-16,19-21,26-39,77-78,81H2,1-7H3,(H2,79,98)(H2,80,99)(H,85,105)(H,86,109)(H,87,106)(H,88,114)(H,89,108)(H,90,111)(H,91,115)(H,92,104)(H,93,113)(H,94,110)(H,95,112)(H,96,107)(H,100,101)(H,102,103)(H,116,117)(H4,82,83,84)/t42-,43-,47-,48-,49-,50-,51-,52-,53-,54-,55-,56-,57-,62-/m0/s1. The highest BCUT2D eigenvalue weighted by Gasteiger charge is 2.39. The van der Waals surface area contributed by atoms with Gasteiger partial charge >= 0.3 is 17.9 Å². The number of phenolic OH excluding ortho intramolecular Hbond substituents is 1. The topological polar surface area (TPSA) is 710 Å². The number of hydrogen-bond acceptors (Lipinski definition) is 22. The molecule has 0 saturated carbocycles. The fourth-order valence-electron chi connectivity index (χ4n) is 11.8. The molecule has 0 unspecified atom stereocenters. The number of hydrogen-bond donors (Lipinski definition) is 23. The van der Waals surface area contributed by atoms with Crippen molar-refractivity contribution in [2.45, 2.75) is 255 Å². The van der Waals surface area contributed by atoms with E-state index in [1.165, 1.54) is 31.2 Å². The van der Waals surface area contributed by atoms with Crippen LogP contribution in [0.3, 0.4) is 0 Å². The first-order valence-corrected chi connectivity index (χ1v) is 39.0. The van der Waals surface area contributed by atoms with Gasteiger partial charge in [-0.15, -0.1) is 0 Å². The van der Waals surface area contributed by atoms with E-state index in [1.807, 2.05) is 0 Å². The number of guanidine groups is 1. The number of aromatic hydroxyl groups is 1. The molecule has 117 heavy (non-hydrogen) atoms. The van der Waals surface area contributed by atoms with E-state index in [4.69, 9.17) is 40.1 Å². The molecule has 0 spiro atoms. The Morgan fingerprint density at radius 3 is 1.12 bits per heavy atom. The van der Waals surface area contributed by atoms with E-state index in [1.54, 1.807) is 71.9 Å². The van der Waals surface area contributed by atoms with Crippen molar-refractivity contribution >= 4 is 107 Å². The number of nitrogens with one attached hydrogen (secondary N) is 12. The number of amides is 14. The van der Waals surface area contributed by atoms with Crippen molar-refractivity contribution in [3.8, 4) is 5.75 Å². The molecule has 14 amide bonds. The van der Waals surface area contributed by atoms with Gasteiger partial charge in [-0.3, -0.25) is 81.7 Å². The predicted molar refractivity (Wildman–Crippen MR) is 426 cm³/mol. The zero-order valence-electron chi connectivity index (χ0n) is 67.4. The molecule has 2 rings (SSSR count). The number of unbranched alkanes of at least 4 members (excludes halogenated alkanes) is 2. The van der Waals surface area contributed by atoms with Crippen LogP contribution in [0.5, 0.6) is 5.75 Å². The lowest BCUT2D eigenvalue weighted by Gasteiger charge is -2.29. The largest absolute Gasteiger partial charge is 0.508 e. The molecule has 0 aliphatic rings. The molecule has 0 heterocycles. The van der Waals surface area contributed by atoms with E-state index >= 15 is 0 Å².